The highest BCUT2D eigenvalue weighted by Gasteiger charge is 2.22. The van der Waals surface area contributed by atoms with Crippen LogP contribution in [-0.4, -0.2) is 5.78 Å². The first-order valence-corrected chi connectivity index (χ1v) is 13.1. The molecule has 0 amide bonds. The number of rotatable bonds is 9. The lowest BCUT2D eigenvalue weighted by Gasteiger charge is -2.29. The second kappa shape index (κ2) is 11.6. The number of carbonyl (C=O) groups is 1. The monoisotopic (exact) mass is 456 g/mol. The Labute approximate surface area is 204 Å². The minimum atomic E-state index is -0.245. The SMILES string of the molecule is CCCCCC1CCC(c2ccc(-c3cc(C(=O)CC)ccc3-c3ccccc3F)cc2)CC1. The molecule has 0 unspecified atom stereocenters. The number of carbonyl (C=O) groups excluding carboxylic acids is 1. The van der Waals surface area contributed by atoms with Crippen molar-refractivity contribution in [3.63, 3.8) is 0 Å². The number of hydrogen-bond acceptors (Lipinski definition) is 1. The molecule has 34 heavy (non-hydrogen) atoms. The van der Waals surface area contributed by atoms with Crippen molar-refractivity contribution in [2.24, 2.45) is 5.92 Å². The van der Waals surface area contributed by atoms with E-state index in [1.807, 2.05) is 37.3 Å². The molecule has 0 spiro atoms. The largest absolute Gasteiger partial charge is 0.294 e. The van der Waals surface area contributed by atoms with Crippen LogP contribution in [0.5, 0.6) is 0 Å². The van der Waals surface area contributed by atoms with E-state index in [-0.39, 0.29) is 11.6 Å². The molecule has 1 aliphatic carbocycles. The molecule has 1 nitrogen and oxygen atoms in total. The third-order valence-corrected chi connectivity index (χ3v) is 7.58. The summed E-state index contributed by atoms with van der Waals surface area (Å²) in [6.45, 7) is 4.15. The first-order chi connectivity index (χ1) is 16.6. The van der Waals surface area contributed by atoms with Crippen LogP contribution in [0.2, 0.25) is 0 Å². The summed E-state index contributed by atoms with van der Waals surface area (Å²) in [6, 6.07) is 21.3. The van der Waals surface area contributed by atoms with Gasteiger partial charge in [-0.25, -0.2) is 4.39 Å². The molecule has 1 aliphatic rings. The Hall–Kier alpha value is -2.74. The highest BCUT2D eigenvalue weighted by molar-refractivity contribution is 5.99. The van der Waals surface area contributed by atoms with E-state index < -0.39 is 0 Å². The first kappa shape index (κ1) is 24.4. The van der Waals surface area contributed by atoms with E-state index in [0.29, 0.717) is 23.5 Å². The van der Waals surface area contributed by atoms with Gasteiger partial charge < -0.3 is 0 Å². The maximum Gasteiger partial charge on any atom is 0.162 e. The normalized spacial score (nSPS) is 18.1. The lowest BCUT2D eigenvalue weighted by Crippen LogP contribution is -2.13. The van der Waals surface area contributed by atoms with Crippen LogP contribution in [0.1, 0.15) is 93.5 Å². The predicted octanol–water partition coefficient (Wildman–Crippen LogP) is 9.61. The van der Waals surface area contributed by atoms with Crippen LogP contribution in [0.3, 0.4) is 0 Å². The summed E-state index contributed by atoms with van der Waals surface area (Å²) in [5.41, 5.74) is 5.42. The molecule has 0 atom stereocenters. The molecule has 0 aliphatic heterocycles. The van der Waals surface area contributed by atoms with Crippen LogP contribution < -0.4 is 0 Å². The third-order valence-electron chi connectivity index (χ3n) is 7.58. The van der Waals surface area contributed by atoms with Crippen molar-refractivity contribution in [2.45, 2.75) is 77.6 Å². The highest BCUT2D eigenvalue weighted by Crippen LogP contribution is 2.39. The lowest BCUT2D eigenvalue weighted by atomic mass is 9.77. The summed E-state index contributed by atoms with van der Waals surface area (Å²) in [5.74, 6) is 1.40. The third kappa shape index (κ3) is 5.66. The lowest BCUT2D eigenvalue weighted by molar-refractivity contribution is 0.0988. The Morgan fingerprint density at radius 3 is 2.24 bits per heavy atom. The zero-order valence-electron chi connectivity index (χ0n) is 20.7. The molecule has 3 aromatic carbocycles. The van der Waals surface area contributed by atoms with Gasteiger partial charge in [-0.05, 0) is 71.9 Å². The fraction of sp³-hybridized carbons (Fsp3) is 0.406. The zero-order chi connectivity index (χ0) is 23.9. The average Bonchev–Trinajstić information content (AvgIpc) is 2.89. The van der Waals surface area contributed by atoms with Crippen molar-refractivity contribution in [2.75, 3.05) is 0 Å². The molecule has 0 N–H and O–H groups in total. The maximum absolute atomic E-state index is 14.7. The van der Waals surface area contributed by atoms with Crippen molar-refractivity contribution in [1.82, 2.24) is 0 Å². The summed E-state index contributed by atoms with van der Waals surface area (Å²) in [7, 11) is 0. The van der Waals surface area contributed by atoms with Crippen LogP contribution in [0, 0.1) is 11.7 Å². The van der Waals surface area contributed by atoms with Gasteiger partial charge >= 0.3 is 0 Å². The average molecular weight is 457 g/mol. The van der Waals surface area contributed by atoms with E-state index in [9.17, 15) is 9.18 Å². The maximum atomic E-state index is 14.7. The second-order valence-corrected chi connectivity index (χ2v) is 9.85. The molecule has 4 rings (SSSR count). The summed E-state index contributed by atoms with van der Waals surface area (Å²) in [5, 5.41) is 0. The Kier molecular flexibility index (Phi) is 8.32. The van der Waals surface area contributed by atoms with Crippen molar-refractivity contribution < 1.29 is 9.18 Å². The number of benzene rings is 3. The summed E-state index contributed by atoms with van der Waals surface area (Å²) < 4.78 is 14.7. The van der Waals surface area contributed by atoms with Crippen molar-refractivity contribution in [1.29, 1.82) is 0 Å². The molecule has 3 aromatic rings. The van der Waals surface area contributed by atoms with Gasteiger partial charge in [0.05, 0.1) is 0 Å². The second-order valence-electron chi connectivity index (χ2n) is 9.85. The van der Waals surface area contributed by atoms with Gasteiger partial charge in [-0.1, -0.05) is 94.1 Å². The number of halogens is 1. The van der Waals surface area contributed by atoms with Gasteiger partial charge in [0.15, 0.2) is 5.78 Å². The Morgan fingerprint density at radius 1 is 0.824 bits per heavy atom. The van der Waals surface area contributed by atoms with Gasteiger partial charge in [-0.3, -0.25) is 4.79 Å². The van der Waals surface area contributed by atoms with Gasteiger partial charge in [-0.15, -0.1) is 0 Å². The minimum Gasteiger partial charge on any atom is -0.294 e. The van der Waals surface area contributed by atoms with E-state index in [2.05, 4.69) is 31.2 Å². The number of unbranched alkanes of at least 4 members (excludes halogenated alkanes) is 2. The highest BCUT2D eigenvalue weighted by atomic mass is 19.1. The standard InChI is InChI=1S/C32H37FO/c1-3-5-6-9-23-12-14-24(15-13-23)25-16-18-26(19-17-25)30-22-27(32(34)4-2)20-21-28(30)29-10-7-8-11-31(29)33/h7-8,10-11,16-24H,3-6,9,12-15H2,1-2H3. The summed E-state index contributed by atoms with van der Waals surface area (Å²) in [4.78, 5) is 12.4. The summed E-state index contributed by atoms with van der Waals surface area (Å²) in [6.07, 6.45) is 11.1. The predicted molar refractivity (Wildman–Crippen MR) is 141 cm³/mol. The van der Waals surface area contributed by atoms with Gasteiger partial charge in [0.25, 0.3) is 0 Å². The van der Waals surface area contributed by atoms with Crippen molar-refractivity contribution in [3.8, 4) is 22.3 Å². The van der Waals surface area contributed by atoms with E-state index in [1.54, 1.807) is 6.07 Å². The number of Topliss-reactive ketones (excluding diaryl/α,β-unsaturated/α-hetero) is 1. The van der Waals surface area contributed by atoms with E-state index in [1.165, 1.54) is 63.0 Å². The van der Waals surface area contributed by atoms with Crippen LogP contribution >= 0.6 is 0 Å². The van der Waals surface area contributed by atoms with Crippen LogP contribution in [0.25, 0.3) is 22.3 Å². The molecule has 1 fully saturated rings. The molecule has 0 aromatic heterocycles. The fourth-order valence-corrected chi connectivity index (χ4v) is 5.48. The summed E-state index contributed by atoms with van der Waals surface area (Å²) >= 11 is 0. The minimum absolute atomic E-state index is 0.105. The van der Waals surface area contributed by atoms with E-state index in [4.69, 9.17) is 0 Å². The topological polar surface area (TPSA) is 17.1 Å². The Bertz CT molecular complexity index is 1090. The molecular weight excluding hydrogens is 419 g/mol. The zero-order valence-corrected chi connectivity index (χ0v) is 20.7. The number of hydrogen-bond donors (Lipinski definition) is 0. The molecular formula is C32H37FO. The quantitative estimate of drug-likeness (QED) is 0.231. The van der Waals surface area contributed by atoms with E-state index >= 15 is 0 Å². The van der Waals surface area contributed by atoms with Crippen LogP contribution in [-0.2, 0) is 0 Å². The van der Waals surface area contributed by atoms with E-state index in [0.717, 1.165) is 22.6 Å². The fourth-order valence-electron chi connectivity index (χ4n) is 5.48. The smallest absolute Gasteiger partial charge is 0.162 e. The van der Waals surface area contributed by atoms with Crippen LogP contribution in [0.15, 0.2) is 66.7 Å². The molecule has 0 saturated heterocycles. The van der Waals surface area contributed by atoms with Gasteiger partial charge in [0, 0.05) is 17.5 Å². The molecule has 1 saturated carbocycles. The first-order valence-electron chi connectivity index (χ1n) is 13.1. The van der Waals surface area contributed by atoms with Crippen LogP contribution in [0.4, 0.5) is 4.39 Å². The van der Waals surface area contributed by atoms with Crippen molar-refractivity contribution >= 4 is 5.78 Å². The molecule has 2 heteroatoms. The van der Waals surface area contributed by atoms with Gasteiger partial charge in [-0.2, -0.15) is 0 Å². The van der Waals surface area contributed by atoms with Gasteiger partial charge in [0.2, 0.25) is 0 Å². The Morgan fingerprint density at radius 2 is 1.56 bits per heavy atom. The van der Waals surface area contributed by atoms with Crippen molar-refractivity contribution in [3.05, 3.63) is 83.7 Å². The van der Waals surface area contributed by atoms with Gasteiger partial charge in [0.1, 0.15) is 5.82 Å². The molecule has 178 valence electrons. The molecule has 0 heterocycles. The Balaban J connectivity index is 1.57. The molecule has 0 bridgehead atoms. The number of ketones is 1. The molecule has 0 radical (unpaired) electrons.